The van der Waals surface area contributed by atoms with Gasteiger partial charge in [0.05, 0.1) is 12.7 Å². The van der Waals surface area contributed by atoms with Crippen molar-refractivity contribution in [1.82, 2.24) is 20.0 Å². The first-order valence-corrected chi connectivity index (χ1v) is 9.21. The monoisotopic (exact) mass is 395 g/mol. The Balaban J connectivity index is 1.72. The van der Waals surface area contributed by atoms with Crippen molar-refractivity contribution in [2.75, 3.05) is 19.6 Å². The first-order valence-electron chi connectivity index (χ1n) is 9.21. The second-order valence-electron chi connectivity index (χ2n) is 6.70. The number of nitrogens with zero attached hydrogens (tertiary/aromatic N) is 4. The van der Waals surface area contributed by atoms with Crippen LogP contribution in [0.4, 0.5) is 13.2 Å². The topological polar surface area (TPSA) is 54.7 Å². The van der Waals surface area contributed by atoms with Gasteiger partial charge < -0.3 is 15.0 Å². The number of hydrogen-bond donors (Lipinski definition) is 1. The molecule has 2 aromatic rings. The van der Waals surface area contributed by atoms with Gasteiger partial charge in [0, 0.05) is 44.4 Å². The van der Waals surface area contributed by atoms with Crippen LogP contribution >= 0.6 is 0 Å². The normalized spacial score (nSPS) is 17.8. The minimum Gasteiger partial charge on any atom is -0.405 e. The van der Waals surface area contributed by atoms with Crippen molar-refractivity contribution < 1.29 is 17.9 Å². The highest BCUT2D eigenvalue weighted by Gasteiger charge is 2.32. The summed E-state index contributed by atoms with van der Waals surface area (Å²) in [6.07, 6.45) is 0.145. The Morgan fingerprint density at radius 3 is 2.82 bits per heavy atom. The molecule has 0 radical (unpaired) electrons. The Hall–Kier alpha value is -2.71. The molecule has 9 heteroatoms. The number of alkyl halides is 3. The third-order valence-corrected chi connectivity index (χ3v) is 4.62. The van der Waals surface area contributed by atoms with Gasteiger partial charge in [0.2, 0.25) is 0 Å². The molecule has 1 saturated heterocycles. The summed E-state index contributed by atoms with van der Waals surface area (Å²) in [6, 6.07) is 6.09. The fourth-order valence-electron chi connectivity index (χ4n) is 3.32. The van der Waals surface area contributed by atoms with Crippen LogP contribution in [-0.4, -0.2) is 46.6 Å². The SMILES string of the molecule is CCNC(=NCc1ccccc1OC(F)(F)F)N1CCC(c2cnn(C)c2)C1. The summed E-state index contributed by atoms with van der Waals surface area (Å²) in [4.78, 5) is 6.69. The number of halogens is 3. The number of nitrogens with one attached hydrogen (secondary N) is 1. The van der Waals surface area contributed by atoms with E-state index in [1.54, 1.807) is 16.8 Å². The largest absolute Gasteiger partial charge is 0.573 e. The number of likely N-dealkylation sites (tertiary alicyclic amines) is 1. The van der Waals surface area contributed by atoms with E-state index in [4.69, 9.17) is 0 Å². The van der Waals surface area contributed by atoms with Crippen molar-refractivity contribution >= 4 is 5.96 Å². The summed E-state index contributed by atoms with van der Waals surface area (Å²) in [7, 11) is 1.89. The second kappa shape index (κ2) is 8.53. The van der Waals surface area contributed by atoms with E-state index in [2.05, 4.69) is 25.0 Å². The third kappa shape index (κ3) is 5.17. The highest BCUT2D eigenvalue weighted by molar-refractivity contribution is 5.80. The number of rotatable bonds is 5. The van der Waals surface area contributed by atoms with E-state index in [1.165, 1.54) is 17.7 Å². The molecule has 3 rings (SSSR count). The Kier molecular flexibility index (Phi) is 6.11. The molecule has 1 aliphatic rings. The van der Waals surface area contributed by atoms with Gasteiger partial charge in [0.1, 0.15) is 5.75 Å². The average molecular weight is 395 g/mol. The quantitative estimate of drug-likeness (QED) is 0.624. The molecule has 0 spiro atoms. The molecule has 0 aliphatic carbocycles. The average Bonchev–Trinajstić information content (AvgIpc) is 3.27. The molecule has 28 heavy (non-hydrogen) atoms. The molecule has 1 atom stereocenters. The maximum atomic E-state index is 12.6. The fourth-order valence-corrected chi connectivity index (χ4v) is 3.32. The fraction of sp³-hybridized carbons (Fsp3) is 0.474. The summed E-state index contributed by atoms with van der Waals surface area (Å²) >= 11 is 0. The molecule has 0 saturated carbocycles. The van der Waals surface area contributed by atoms with Gasteiger partial charge >= 0.3 is 6.36 Å². The molecule has 2 heterocycles. The lowest BCUT2D eigenvalue weighted by atomic mass is 10.0. The minimum absolute atomic E-state index is 0.0998. The molecule has 152 valence electrons. The summed E-state index contributed by atoms with van der Waals surface area (Å²) < 4.78 is 43.7. The van der Waals surface area contributed by atoms with Gasteiger partial charge in [-0.05, 0) is 25.0 Å². The van der Waals surface area contributed by atoms with E-state index in [1.807, 2.05) is 26.4 Å². The Labute approximate surface area is 162 Å². The number of aromatic nitrogens is 2. The van der Waals surface area contributed by atoms with Crippen LogP contribution < -0.4 is 10.1 Å². The smallest absolute Gasteiger partial charge is 0.405 e. The van der Waals surface area contributed by atoms with E-state index in [0.717, 1.165) is 19.5 Å². The molecule has 1 fully saturated rings. The van der Waals surface area contributed by atoms with Crippen LogP contribution in [0.5, 0.6) is 5.75 Å². The van der Waals surface area contributed by atoms with E-state index in [0.29, 0.717) is 24.0 Å². The van der Waals surface area contributed by atoms with Gasteiger partial charge in [-0.1, -0.05) is 18.2 Å². The van der Waals surface area contributed by atoms with Crippen LogP contribution in [-0.2, 0) is 13.6 Å². The molecular formula is C19H24F3N5O. The Morgan fingerprint density at radius 1 is 1.36 bits per heavy atom. The summed E-state index contributed by atoms with van der Waals surface area (Å²) in [5.41, 5.74) is 1.57. The molecule has 0 amide bonds. The highest BCUT2D eigenvalue weighted by atomic mass is 19.4. The maximum absolute atomic E-state index is 12.6. The van der Waals surface area contributed by atoms with Crippen LogP contribution in [0.25, 0.3) is 0 Å². The van der Waals surface area contributed by atoms with Crippen LogP contribution in [0.3, 0.4) is 0 Å². The number of aryl methyl sites for hydroxylation is 1. The first kappa shape index (κ1) is 20.0. The van der Waals surface area contributed by atoms with Crippen LogP contribution in [0.1, 0.15) is 30.4 Å². The number of hydrogen-bond acceptors (Lipinski definition) is 3. The van der Waals surface area contributed by atoms with Gasteiger partial charge in [0.15, 0.2) is 5.96 Å². The van der Waals surface area contributed by atoms with E-state index in [9.17, 15) is 13.2 Å². The molecule has 1 N–H and O–H groups in total. The lowest BCUT2D eigenvalue weighted by Crippen LogP contribution is -2.40. The van der Waals surface area contributed by atoms with Crippen molar-refractivity contribution in [2.24, 2.45) is 12.0 Å². The standard InChI is InChI=1S/C19H24F3N5O/c1-3-23-18(27-9-8-15(13-27)16-11-25-26(2)12-16)24-10-14-6-4-5-7-17(14)28-19(20,21)22/h4-7,11-12,15H,3,8-10,13H2,1-2H3,(H,23,24). The predicted molar refractivity (Wildman–Crippen MR) is 100 cm³/mol. The van der Waals surface area contributed by atoms with Crippen molar-refractivity contribution in [1.29, 1.82) is 0 Å². The van der Waals surface area contributed by atoms with Crippen molar-refractivity contribution in [3.63, 3.8) is 0 Å². The highest BCUT2D eigenvalue weighted by Crippen LogP contribution is 2.28. The van der Waals surface area contributed by atoms with E-state index >= 15 is 0 Å². The van der Waals surface area contributed by atoms with Gasteiger partial charge in [-0.2, -0.15) is 5.10 Å². The number of aliphatic imine (C=N–C) groups is 1. The van der Waals surface area contributed by atoms with E-state index < -0.39 is 6.36 Å². The van der Waals surface area contributed by atoms with Gasteiger partial charge in [0.25, 0.3) is 0 Å². The lowest BCUT2D eigenvalue weighted by molar-refractivity contribution is -0.274. The first-order chi connectivity index (χ1) is 13.4. The number of ether oxygens (including phenoxy) is 1. The third-order valence-electron chi connectivity index (χ3n) is 4.62. The van der Waals surface area contributed by atoms with Crippen molar-refractivity contribution in [3.8, 4) is 5.75 Å². The van der Waals surface area contributed by atoms with Gasteiger partial charge in [-0.3, -0.25) is 4.68 Å². The summed E-state index contributed by atoms with van der Waals surface area (Å²) in [6.45, 7) is 4.35. The molecule has 6 nitrogen and oxygen atoms in total. The van der Waals surface area contributed by atoms with Crippen LogP contribution in [0, 0.1) is 0 Å². The minimum atomic E-state index is -4.73. The predicted octanol–water partition coefficient (Wildman–Crippen LogP) is 3.27. The molecule has 1 aliphatic heterocycles. The molecular weight excluding hydrogens is 371 g/mol. The van der Waals surface area contributed by atoms with Crippen LogP contribution in [0.15, 0.2) is 41.7 Å². The molecule has 1 aromatic carbocycles. The number of benzene rings is 1. The number of guanidine groups is 1. The summed E-state index contributed by atoms with van der Waals surface area (Å²) in [5, 5.41) is 7.46. The molecule has 0 bridgehead atoms. The van der Waals surface area contributed by atoms with Gasteiger partial charge in [-0.25, -0.2) is 4.99 Å². The zero-order valence-electron chi connectivity index (χ0n) is 15.9. The molecule has 1 aromatic heterocycles. The van der Waals surface area contributed by atoms with Crippen LogP contribution in [0.2, 0.25) is 0 Å². The Bertz CT molecular complexity index is 818. The van der Waals surface area contributed by atoms with Crippen molar-refractivity contribution in [3.05, 3.63) is 47.8 Å². The number of para-hydroxylation sites is 1. The zero-order chi connectivity index (χ0) is 20.1. The molecule has 1 unspecified atom stereocenters. The summed E-state index contributed by atoms with van der Waals surface area (Å²) in [5.74, 6) is 0.832. The second-order valence-corrected chi connectivity index (χ2v) is 6.70. The van der Waals surface area contributed by atoms with Gasteiger partial charge in [-0.15, -0.1) is 13.2 Å². The zero-order valence-corrected chi connectivity index (χ0v) is 15.9. The van der Waals surface area contributed by atoms with E-state index in [-0.39, 0.29) is 12.3 Å². The Morgan fingerprint density at radius 2 is 2.14 bits per heavy atom. The van der Waals surface area contributed by atoms with Crippen molar-refractivity contribution in [2.45, 2.75) is 32.2 Å². The lowest BCUT2D eigenvalue weighted by Gasteiger charge is -2.22. The maximum Gasteiger partial charge on any atom is 0.573 e.